The van der Waals surface area contributed by atoms with Gasteiger partial charge < -0.3 is 9.47 Å². The number of rotatable bonds is 5. The molecule has 1 saturated carbocycles. The van der Waals surface area contributed by atoms with Crippen LogP contribution in [0.15, 0.2) is 11.8 Å². The monoisotopic (exact) mass is 238 g/mol. The van der Waals surface area contributed by atoms with Gasteiger partial charge in [0, 0.05) is 13.0 Å². The first-order chi connectivity index (χ1) is 8.33. The van der Waals surface area contributed by atoms with Gasteiger partial charge in [-0.25, -0.2) is 0 Å². The highest BCUT2D eigenvalue weighted by atomic mass is 16.5. The van der Waals surface area contributed by atoms with Crippen molar-refractivity contribution >= 4 is 5.78 Å². The van der Waals surface area contributed by atoms with E-state index in [1.165, 1.54) is 19.3 Å². The summed E-state index contributed by atoms with van der Waals surface area (Å²) < 4.78 is 11.0. The zero-order valence-electron chi connectivity index (χ0n) is 10.6. The van der Waals surface area contributed by atoms with Gasteiger partial charge in [0.2, 0.25) is 5.78 Å². The third kappa shape index (κ3) is 3.09. The molecule has 0 amide bonds. The molecule has 1 heterocycles. The van der Waals surface area contributed by atoms with E-state index in [4.69, 9.17) is 9.47 Å². The van der Waals surface area contributed by atoms with Crippen LogP contribution in [0.3, 0.4) is 0 Å². The smallest absolute Gasteiger partial charge is 0.225 e. The van der Waals surface area contributed by atoms with Crippen molar-refractivity contribution in [3.8, 4) is 0 Å². The van der Waals surface area contributed by atoms with Crippen LogP contribution in [0, 0.1) is 5.92 Å². The summed E-state index contributed by atoms with van der Waals surface area (Å²) in [7, 11) is 0. The van der Waals surface area contributed by atoms with Crippen LogP contribution in [0.5, 0.6) is 0 Å². The van der Waals surface area contributed by atoms with Crippen molar-refractivity contribution in [3.05, 3.63) is 11.8 Å². The normalized spacial score (nSPS) is 23.0. The summed E-state index contributed by atoms with van der Waals surface area (Å²) in [5.74, 6) is 0.992. The maximum absolute atomic E-state index is 12.3. The maximum atomic E-state index is 12.3. The number of ketones is 1. The second-order valence-corrected chi connectivity index (χ2v) is 4.84. The van der Waals surface area contributed by atoms with E-state index in [9.17, 15) is 4.79 Å². The molecule has 96 valence electrons. The largest absolute Gasteiger partial charge is 0.490 e. The summed E-state index contributed by atoms with van der Waals surface area (Å²) in [4.78, 5) is 12.3. The van der Waals surface area contributed by atoms with Crippen molar-refractivity contribution in [3.63, 3.8) is 0 Å². The van der Waals surface area contributed by atoms with Gasteiger partial charge in [0.05, 0.1) is 6.61 Å². The second kappa shape index (κ2) is 6.20. The fourth-order valence-corrected chi connectivity index (χ4v) is 2.77. The molecule has 1 aliphatic carbocycles. The zero-order valence-corrected chi connectivity index (χ0v) is 10.6. The van der Waals surface area contributed by atoms with Crippen molar-refractivity contribution in [1.82, 2.24) is 0 Å². The third-order valence-electron chi connectivity index (χ3n) is 3.63. The van der Waals surface area contributed by atoms with E-state index < -0.39 is 0 Å². The molecule has 1 aliphatic heterocycles. The van der Waals surface area contributed by atoms with Gasteiger partial charge in [0.25, 0.3) is 0 Å². The highest BCUT2D eigenvalue weighted by Crippen LogP contribution is 2.30. The SMILES string of the molecule is CCOC(C(=O)C1=CCCO1)C1CCCCC1. The van der Waals surface area contributed by atoms with Gasteiger partial charge in [-0.1, -0.05) is 19.3 Å². The average molecular weight is 238 g/mol. The molecule has 1 unspecified atom stereocenters. The van der Waals surface area contributed by atoms with Crippen LogP contribution in [0.4, 0.5) is 0 Å². The Morgan fingerprint density at radius 3 is 2.82 bits per heavy atom. The molecule has 0 saturated heterocycles. The van der Waals surface area contributed by atoms with E-state index in [-0.39, 0.29) is 11.9 Å². The summed E-state index contributed by atoms with van der Waals surface area (Å²) in [6.45, 7) is 3.19. The first-order valence-electron chi connectivity index (χ1n) is 6.81. The van der Waals surface area contributed by atoms with Gasteiger partial charge >= 0.3 is 0 Å². The molecular weight excluding hydrogens is 216 g/mol. The topological polar surface area (TPSA) is 35.5 Å². The van der Waals surface area contributed by atoms with E-state index in [0.717, 1.165) is 19.3 Å². The van der Waals surface area contributed by atoms with Crippen LogP contribution in [0.2, 0.25) is 0 Å². The summed E-state index contributed by atoms with van der Waals surface area (Å²) in [5, 5.41) is 0. The second-order valence-electron chi connectivity index (χ2n) is 4.84. The fourth-order valence-electron chi connectivity index (χ4n) is 2.77. The lowest BCUT2D eigenvalue weighted by atomic mass is 9.83. The van der Waals surface area contributed by atoms with Crippen LogP contribution in [-0.2, 0) is 14.3 Å². The first kappa shape index (κ1) is 12.6. The molecule has 17 heavy (non-hydrogen) atoms. The Balaban J connectivity index is 2.01. The lowest BCUT2D eigenvalue weighted by molar-refractivity contribution is -0.134. The molecule has 0 aromatic rings. The lowest BCUT2D eigenvalue weighted by Gasteiger charge is -2.29. The minimum absolute atomic E-state index is 0.0660. The van der Waals surface area contributed by atoms with Gasteiger partial charge in [-0.05, 0) is 31.8 Å². The van der Waals surface area contributed by atoms with Crippen molar-refractivity contribution < 1.29 is 14.3 Å². The standard InChI is InChI=1S/C14H22O3/c1-2-16-14(11-7-4-3-5-8-11)13(15)12-9-6-10-17-12/h9,11,14H,2-8,10H2,1H3. The Kier molecular flexibility index (Phi) is 4.60. The highest BCUT2D eigenvalue weighted by Gasteiger charge is 2.33. The number of Topliss-reactive ketones (excluding diaryl/α,β-unsaturated/α-hetero) is 1. The summed E-state index contributed by atoms with van der Waals surface area (Å²) >= 11 is 0. The molecule has 0 aromatic heterocycles. The number of carbonyl (C=O) groups excluding carboxylic acids is 1. The van der Waals surface area contributed by atoms with Crippen molar-refractivity contribution in [1.29, 1.82) is 0 Å². The molecule has 0 bridgehead atoms. The molecule has 1 fully saturated rings. The quantitative estimate of drug-likeness (QED) is 0.739. The van der Waals surface area contributed by atoms with Crippen molar-refractivity contribution in [2.45, 2.75) is 51.6 Å². The first-order valence-corrected chi connectivity index (χ1v) is 6.81. The Morgan fingerprint density at radius 1 is 1.47 bits per heavy atom. The van der Waals surface area contributed by atoms with Gasteiger partial charge in [-0.2, -0.15) is 0 Å². The average Bonchev–Trinajstić information content (AvgIpc) is 2.90. The van der Waals surface area contributed by atoms with E-state index in [2.05, 4.69) is 0 Å². The van der Waals surface area contributed by atoms with Crippen LogP contribution in [0.25, 0.3) is 0 Å². The molecule has 0 aromatic carbocycles. The molecular formula is C14H22O3. The van der Waals surface area contributed by atoms with Gasteiger partial charge in [-0.3, -0.25) is 4.79 Å². The van der Waals surface area contributed by atoms with E-state index in [1.54, 1.807) is 0 Å². The van der Waals surface area contributed by atoms with Gasteiger partial charge in [0.15, 0.2) is 5.76 Å². The molecule has 3 nitrogen and oxygen atoms in total. The Bertz CT molecular complexity index is 290. The molecule has 0 N–H and O–H groups in total. The number of hydrogen-bond acceptors (Lipinski definition) is 3. The third-order valence-corrected chi connectivity index (χ3v) is 3.63. The highest BCUT2D eigenvalue weighted by molar-refractivity contribution is 5.97. The molecule has 0 spiro atoms. The van der Waals surface area contributed by atoms with Crippen molar-refractivity contribution in [2.24, 2.45) is 5.92 Å². The van der Waals surface area contributed by atoms with Crippen LogP contribution in [0.1, 0.15) is 45.4 Å². The van der Waals surface area contributed by atoms with Crippen LogP contribution in [-0.4, -0.2) is 25.1 Å². The minimum Gasteiger partial charge on any atom is -0.490 e. The van der Waals surface area contributed by atoms with Crippen LogP contribution >= 0.6 is 0 Å². The lowest BCUT2D eigenvalue weighted by Crippen LogP contribution is -2.35. The summed E-state index contributed by atoms with van der Waals surface area (Å²) in [6, 6.07) is 0. The maximum Gasteiger partial charge on any atom is 0.225 e. The van der Waals surface area contributed by atoms with E-state index in [1.807, 2.05) is 13.0 Å². The molecule has 2 rings (SSSR count). The zero-order chi connectivity index (χ0) is 12.1. The molecule has 1 atom stereocenters. The fraction of sp³-hybridized carbons (Fsp3) is 0.786. The van der Waals surface area contributed by atoms with Gasteiger partial charge in [0.1, 0.15) is 6.10 Å². The molecule has 2 aliphatic rings. The van der Waals surface area contributed by atoms with Gasteiger partial charge in [-0.15, -0.1) is 0 Å². The molecule has 0 radical (unpaired) electrons. The van der Waals surface area contributed by atoms with E-state index in [0.29, 0.717) is 24.9 Å². The Morgan fingerprint density at radius 2 is 2.24 bits per heavy atom. The number of carbonyl (C=O) groups is 1. The van der Waals surface area contributed by atoms with Crippen molar-refractivity contribution in [2.75, 3.05) is 13.2 Å². The molecule has 3 heteroatoms. The predicted octanol–water partition coefficient (Wildman–Crippen LogP) is 2.85. The predicted molar refractivity (Wildman–Crippen MR) is 65.6 cm³/mol. The summed E-state index contributed by atoms with van der Waals surface area (Å²) in [5.41, 5.74) is 0. The number of ether oxygens (including phenoxy) is 2. The Labute approximate surface area is 103 Å². The Hall–Kier alpha value is -0.830. The van der Waals surface area contributed by atoms with Crippen LogP contribution < -0.4 is 0 Å². The summed E-state index contributed by atoms with van der Waals surface area (Å²) in [6.07, 6.45) is 8.45. The van der Waals surface area contributed by atoms with E-state index >= 15 is 0 Å². The minimum atomic E-state index is -0.273. The number of hydrogen-bond donors (Lipinski definition) is 0.